The summed E-state index contributed by atoms with van der Waals surface area (Å²) in [7, 11) is 0. The molecule has 0 bridgehead atoms. The second-order valence-corrected chi connectivity index (χ2v) is 6.24. The zero-order valence-corrected chi connectivity index (χ0v) is 13.0. The fraction of sp³-hybridized carbons (Fsp3) is 0.250. The highest BCUT2D eigenvalue weighted by molar-refractivity contribution is 7.15. The third-order valence-electron chi connectivity index (χ3n) is 3.76. The Morgan fingerprint density at radius 2 is 2.36 bits per heavy atom. The molecule has 1 aliphatic heterocycles. The van der Waals surface area contributed by atoms with Gasteiger partial charge in [0.1, 0.15) is 12.4 Å². The number of fused-ring (bicyclic) bond motifs is 2. The molecule has 0 aliphatic carbocycles. The van der Waals surface area contributed by atoms with Crippen LogP contribution in [0.15, 0.2) is 36.0 Å². The molecule has 6 heteroatoms. The summed E-state index contributed by atoms with van der Waals surface area (Å²) in [5.74, 6) is 0.838. The van der Waals surface area contributed by atoms with Crippen molar-refractivity contribution in [2.24, 2.45) is 0 Å². The lowest BCUT2D eigenvalue weighted by molar-refractivity contribution is -0.118. The Labute approximate surface area is 131 Å². The summed E-state index contributed by atoms with van der Waals surface area (Å²) in [6.07, 6.45) is 4.18. The van der Waals surface area contributed by atoms with Crippen LogP contribution in [-0.2, 0) is 11.2 Å². The van der Waals surface area contributed by atoms with Gasteiger partial charge in [0.15, 0.2) is 4.96 Å². The number of nitrogens with zero attached hydrogens (tertiary/aromatic N) is 3. The number of aryl methyl sites for hydroxylation is 1. The number of thiazole rings is 1. The number of benzene rings is 1. The van der Waals surface area contributed by atoms with Crippen LogP contribution in [0.5, 0.6) is 5.75 Å². The first kappa shape index (κ1) is 13.3. The molecule has 4 rings (SSSR count). The van der Waals surface area contributed by atoms with E-state index in [0.29, 0.717) is 19.6 Å². The molecule has 0 atom stereocenters. The maximum absolute atomic E-state index is 12.6. The lowest BCUT2D eigenvalue weighted by Gasteiger charge is -2.29. The van der Waals surface area contributed by atoms with Crippen LogP contribution >= 0.6 is 11.3 Å². The van der Waals surface area contributed by atoms with Crippen molar-refractivity contribution >= 4 is 27.9 Å². The Morgan fingerprint density at radius 3 is 3.23 bits per heavy atom. The number of hydrogen-bond acceptors (Lipinski definition) is 4. The summed E-state index contributed by atoms with van der Waals surface area (Å²) in [6.45, 7) is 3.12. The fourth-order valence-corrected chi connectivity index (χ4v) is 3.42. The third kappa shape index (κ3) is 2.25. The van der Waals surface area contributed by atoms with Crippen LogP contribution in [-0.4, -0.2) is 28.4 Å². The second kappa shape index (κ2) is 5.14. The number of aromatic nitrogens is 2. The van der Waals surface area contributed by atoms with Gasteiger partial charge in [-0.1, -0.05) is 6.07 Å². The minimum absolute atomic E-state index is 0.0548. The summed E-state index contributed by atoms with van der Waals surface area (Å²) in [5, 5.41) is 1.98. The number of imidazole rings is 1. The van der Waals surface area contributed by atoms with Crippen LogP contribution in [0.2, 0.25) is 0 Å². The number of ether oxygens (including phenoxy) is 1. The highest BCUT2D eigenvalue weighted by atomic mass is 32.1. The molecule has 0 saturated heterocycles. The zero-order chi connectivity index (χ0) is 15.1. The summed E-state index contributed by atoms with van der Waals surface area (Å²) in [5.41, 5.74) is 2.78. The molecule has 3 aromatic rings. The summed E-state index contributed by atoms with van der Waals surface area (Å²) in [4.78, 5) is 19.8. The molecule has 0 spiro atoms. The minimum Gasteiger partial charge on any atom is -0.490 e. The number of carbonyl (C=O) groups excluding carboxylic acids is 1. The van der Waals surface area contributed by atoms with Crippen molar-refractivity contribution < 1.29 is 9.53 Å². The Hall–Kier alpha value is -2.34. The molecule has 1 aromatic carbocycles. The van der Waals surface area contributed by atoms with Gasteiger partial charge in [-0.15, -0.1) is 11.3 Å². The molecule has 2 aromatic heterocycles. The first-order valence-corrected chi connectivity index (χ1v) is 8.03. The minimum atomic E-state index is 0.0548. The lowest BCUT2D eigenvalue weighted by Crippen LogP contribution is -2.38. The van der Waals surface area contributed by atoms with E-state index in [0.717, 1.165) is 27.7 Å². The average Bonchev–Trinajstić information content (AvgIpc) is 3.07. The van der Waals surface area contributed by atoms with Gasteiger partial charge in [0, 0.05) is 17.8 Å². The molecule has 0 N–H and O–H groups in total. The fourth-order valence-electron chi connectivity index (χ4n) is 2.70. The topological polar surface area (TPSA) is 46.8 Å². The van der Waals surface area contributed by atoms with Gasteiger partial charge in [0.2, 0.25) is 5.91 Å². The maximum Gasteiger partial charge on any atom is 0.233 e. The highest BCUT2D eigenvalue weighted by Gasteiger charge is 2.24. The summed E-state index contributed by atoms with van der Waals surface area (Å²) >= 11 is 1.57. The van der Waals surface area contributed by atoms with Crippen LogP contribution in [0.3, 0.4) is 0 Å². The van der Waals surface area contributed by atoms with Crippen molar-refractivity contribution in [1.29, 1.82) is 0 Å². The Bertz CT molecular complexity index is 824. The van der Waals surface area contributed by atoms with Gasteiger partial charge in [0.25, 0.3) is 0 Å². The number of carbonyl (C=O) groups is 1. The Morgan fingerprint density at radius 1 is 1.45 bits per heavy atom. The van der Waals surface area contributed by atoms with E-state index in [1.807, 2.05) is 47.3 Å². The summed E-state index contributed by atoms with van der Waals surface area (Å²) < 4.78 is 7.61. The van der Waals surface area contributed by atoms with Gasteiger partial charge in [-0.05, 0) is 24.6 Å². The van der Waals surface area contributed by atoms with Gasteiger partial charge >= 0.3 is 0 Å². The lowest BCUT2D eigenvalue weighted by atomic mass is 10.1. The van der Waals surface area contributed by atoms with Gasteiger partial charge in [-0.25, -0.2) is 4.98 Å². The van der Waals surface area contributed by atoms with Crippen LogP contribution in [0.25, 0.3) is 4.96 Å². The normalized spacial score (nSPS) is 14.0. The molecule has 1 amide bonds. The maximum atomic E-state index is 12.6. The molecule has 1 aliphatic rings. The van der Waals surface area contributed by atoms with E-state index >= 15 is 0 Å². The van der Waals surface area contributed by atoms with Crippen LogP contribution in [0, 0.1) is 6.92 Å². The molecule has 22 heavy (non-hydrogen) atoms. The van der Waals surface area contributed by atoms with Crippen molar-refractivity contribution in [3.05, 3.63) is 47.2 Å². The number of amides is 1. The van der Waals surface area contributed by atoms with Crippen molar-refractivity contribution in [1.82, 2.24) is 9.38 Å². The van der Waals surface area contributed by atoms with Crippen molar-refractivity contribution in [3.63, 3.8) is 0 Å². The van der Waals surface area contributed by atoms with E-state index in [1.165, 1.54) is 0 Å². The quantitative estimate of drug-likeness (QED) is 0.731. The first-order chi connectivity index (χ1) is 10.7. The molecule has 5 nitrogen and oxygen atoms in total. The number of anilines is 1. The predicted molar refractivity (Wildman–Crippen MR) is 85.8 cm³/mol. The van der Waals surface area contributed by atoms with Gasteiger partial charge < -0.3 is 9.64 Å². The van der Waals surface area contributed by atoms with E-state index in [1.54, 1.807) is 16.2 Å². The molecule has 0 saturated carbocycles. The molecule has 112 valence electrons. The molecule has 0 radical (unpaired) electrons. The van der Waals surface area contributed by atoms with E-state index in [2.05, 4.69) is 4.98 Å². The molecular weight excluding hydrogens is 298 g/mol. The Balaban J connectivity index is 1.59. The standard InChI is InChI=1S/C16H15N3O2S/c1-11-2-3-13-14(8-11)21-6-4-19(13)15(20)9-12-10-18-5-7-22-16(18)17-12/h2-3,5,7-8,10H,4,6,9H2,1H3. The second-order valence-electron chi connectivity index (χ2n) is 5.37. The first-order valence-electron chi connectivity index (χ1n) is 7.15. The molecule has 0 fully saturated rings. The monoisotopic (exact) mass is 313 g/mol. The molecule has 0 unspecified atom stereocenters. The number of rotatable bonds is 2. The van der Waals surface area contributed by atoms with Crippen LogP contribution in [0.4, 0.5) is 5.69 Å². The average molecular weight is 313 g/mol. The van der Waals surface area contributed by atoms with Crippen molar-refractivity contribution in [3.8, 4) is 5.75 Å². The zero-order valence-electron chi connectivity index (χ0n) is 12.2. The summed E-state index contributed by atoms with van der Waals surface area (Å²) in [6, 6.07) is 5.93. The molecular formula is C16H15N3O2S. The molecule has 3 heterocycles. The van der Waals surface area contributed by atoms with E-state index in [-0.39, 0.29) is 5.91 Å². The van der Waals surface area contributed by atoms with Crippen molar-refractivity contribution in [2.45, 2.75) is 13.3 Å². The van der Waals surface area contributed by atoms with Crippen molar-refractivity contribution in [2.75, 3.05) is 18.1 Å². The number of hydrogen-bond donors (Lipinski definition) is 0. The largest absolute Gasteiger partial charge is 0.490 e. The Kier molecular flexibility index (Phi) is 3.11. The van der Waals surface area contributed by atoms with E-state index in [4.69, 9.17) is 4.74 Å². The smallest absolute Gasteiger partial charge is 0.233 e. The van der Waals surface area contributed by atoms with Gasteiger partial charge in [0.05, 0.1) is 24.3 Å². The van der Waals surface area contributed by atoms with Gasteiger partial charge in [-0.3, -0.25) is 9.20 Å². The van der Waals surface area contributed by atoms with E-state index < -0.39 is 0 Å². The highest BCUT2D eigenvalue weighted by Crippen LogP contribution is 2.32. The van der Waals surface area contributed by atoms with Crippen LogP contribution in [0.1, 0.15) is 11.3 Å². The van der Waals surface area contributed by atoms with Crippen LogP contribution < -0.4 is 9.64 Å². The van der Waals surface area contributed by atoms with Gasteiger partial charge in [-0.2, -0.15) is 0 Å². The van der Waals surface area contributed by atoms with E-state index in [9.17, 15) is 4.79 Å². The third-order valence-corrected chi connectivity index (χ3v) is 4.53. The predicted octanol–water partition coefficient (Wildman–Crippen LogP) is 2.67. The SMILES string of the molecule is Cc1ccc2c(c1)OCCN2C(=O)Cc1cn2ccsc2n1.